The van der Waals surface area contributed by atoms with Gasteiger partial charge in [0.2, 0.25) is 0 Å². The second-order valence-corrected chi connectivity index (χ2v) is 27.2. The Bertz CT molecular complexity index is 2350. The number of aliphatic hydroxyl groups excluding tert-OH is 2. The molecular formula is C79H132O16P2. The Kier molecular flexibility index (Phi) is 67.9. The van der Waals surface area contributed by atoms with Crippen LogP contribution in [0.2, 0.25) is 0 Å². The van der Waals surface area contributed by atoms with Gasteiger partial charge in [-0.1, -0.05) is 263 Å². The van der Waals surface area contributed by atoms with Crippen molar-refractivity contribution < 1.29 is 75.8 Å². The standard InChI is InChI=1S/C79H132O16P2/c1-4-7-10-13-16-19-22-25-28-31-33-35-36-38-40-42-44-47-50-53-56-59-62-65-77(82)89-68-74(80)69-91-96(85,86)92-70-75(81)71-93-97(87,88)94-73-76(95-79(84)67-64-61-58-55-52-49-46-41-30-27-24-21-18-15-12-9-6-3)72-90-78(83)66-63-60-57-54-51-48-45-43-39-37-34-32-29-26-23-20-17-14-11-8-5-2/h7,9-10,12,16-21,25-30,33-35,37-38,40,43,45,74-76,80-81H,4-6,8,11,13-15,22-24,31-32,36,39,41-42,44,46-73H2,1-3H3,(H,85,86)(H,87,88)/b10-7-,12-9-,19-16-,20-17-,21-18-,28-25-,29-26-,30-27-,35-33-,37-34-,40-38-,45-43-. The molecule has 0 saturated heterocycles. The van der Waals surface area contributed by atoms with Crippen LogP contribution >= 0.6 is 15.6 Å². The van der Waals surface area contributed by atoms with Crippen molar-refractivity contribution in [2.75, 3.05) is 39.6 Å². The number of carbonyl (C=O) groups is 3. The number of phosphoric acid groups is 2. The summed E-state index contributed by atoms with van der Waals surface area (Å²) in [5.41, 5.74) is 0. The van der Waals surface area contributed by atoms with Gasteiger partial charge in [-0.25, -0.2) is 9.13 Å². The Hall–Kier alpha value is -4.57. The molecule has 0 aliphatic rings. The van der Waals surface area contributed by atoms with Gasteiger partial charge in [-0.2, -0.15) is 0 Å². The molecule has 97 heavy (non-hydrogen) atoms. The molecule has 18 heteroatoms. The average molecular weight is 1400 g/mol. The van der Waals surface area contributed by atoms with Crippen LogP contribution in [0.1, 0.15) is 278 Å². The fourth-order valence-electron chi connectivity index (χ4n) is 9.42. The van der Waals surface area contributed by atoms with Crippen LogP contribution in [0.5, 0.6) is 0 Å². The quantitative estimate of drug-likeness (QED) is 0.0146. The molecule has 0 rings (SSSR count). The number of phosphoric ester groups is 2. The highest BCUT2D eigenvalue weighted by atomic mass is 31.2. The Labute approximate surface area is 587 Å². The lowest BCUT2D eigenvalue weighted by Crippen LogP contribution is -2.30. The molecule has 0 heterocycles. The first-order valence-corrected chi connectivity index (χ1v) is 40.1. The van der Waals surface area contributed by atoms with Crippen molar-refractivity contribution in [3.05, 3.63) is 146 Å². The lowest BCUT2D eigenvalue weighted by atomic mass is 10.1. The van der Waals surface area contributed by atoms with E-state index in [4.69, 9.17) is 32.3 Å². The summed E-state index contributed by atoms with van der Waals surface area (Å²) in [5.74, 6) is -1.62. The largest absolute Gasteiger partial charge is 0.472 e. The highest BCUT2D eigenvalue weighted by Gasteiger charge is 2.29. The van der Waals surface area contributed by atoms with Crippen LogP contribution in [0.4, 0.5) is 0 Å². The number of unbranched alkanes of at least 4 members (excludes halogenated alkanes) is 22. The minimum atomic E-state index is -4.94. The SMILES string of the molecule is CC/C=C\C/C=C\C/C=C\C/C=C\C/C=C\CCCCCCCCCC(=O)OCC(O)COP(=O)(O)OCC(O)COP(=O)(O)OCC(COC(=O)CCCCCCC/C=C\C/C=C\C/C=C\C/C=C\CCCCC)OC(=O)CCCCCCCCC/C=C\C/C=C\C/C=C\CC. The Morgan fingerprint density at radius 1 is 0.299 bits per heavy atom. The van der Waals surface area contributed by atoms with Crippen LogP contribution < -0.4 is 0 Å². The van der Waals surface area contributed by atoms with Crippen molar-refractivity contribution in [3.63, 3.8) is 0 Å². The molecule has 5 atom stereocenters. The lowest BCUT2D eigenvalue weighted by molar-refractivity contribution is -0.161. The van der Waals surface area contributed by atoms with E-state index < -0.39 is 91.5 Å². The van der Waals surface area contributed by atoms with Gasteiger partial charge in [-0.3, -0.25) is 32.5 Å². The summed E-state index contributed by atoms with van der Waals surface area (Å²) in [6.45, 7) is 2.37. The fraction of sp³-hybridized carbons (Fsp3) is 0.658. The van der Waals surface area contributed by atoms with Gasteiger partial charge in [-0.05, 0) is 141 Å². The third-order valence-corrected chi connectivity index (χ3v) is 16.9. The highest BCUT2D eigenvalue weighted by Crippen LogP contribution is 2.45. The van der Waals surface area contributed by atoms with E-state index in [0.717, 1.165) is 193 Å². The average Bonchev–Trinajstić information content (AvgIpc) is 3.63. The van der Waals surface area contributed by atoms with E-state index in [9.17, 15) is 43.5 Å². The fourth-order valence-corrected chi connectivity index (χ4v) is 11.0. The maximum Gasteiger partial charge on any atom is 0.472 e. The molecule has 0 aromatic carbocycles. The third-order valence-electron chi connectivity index (χ3n) is 15.0. The van der Waals surface area contributed by atoms with E-state index >= 15 is 0 Å². The molecule has 0 spiro atoms. The monoisotopic (exact) mass is 1400 g/mol. The molecule has 0 aliphatic heterocycles. The summed E-state index contributed by atoms with van der Waals surface area (Å²) in [5, 5.41) is 20.6. The first-order valence-electron chi connectivity index (χ1n) is 37.1. The molecule has 4 N–H and O–H groups in total. The minimum Gasteiger partial charge on any atom is -0.463 e. The van der Waals surface area contributed by atoms with Gasteiger partial charge >= 0.3 is 33.6 Å². The van der Waals surface area contributed by atoms with Crippen molar-refractivity contribution in [2.45, 2.75) is 296 Å². The molecule has 5 unspecified atom stereocenters. The first-order chi connectivity index (χ1) is 47.2. The van der Waals surface area contributed by atoms with Crippen molar-refractivity contribution in [3.8, 4) is 0 Å². The zero-order chi connectivity index (χ0) is 70.9. The number of hydrogen-bond donors (Lipinski definition) is 4. The zero-order valence-electron chi connectivity index (χ0n) is 60.2. The number of carbonyl (C=O) groups excluding carboxylic acids is 3. The molecule has 0 aromatic rings. The van der Waals surface area contributed by atoms with Gasteiger partial charge in [0.15, 0.2) is 6.10 Å². The van der Waals surface area contributed by atoms with Crippen LogP contribution in [0, 0.1) is 0 Å². The van der Waals surface area contributed by atoms with E-state index in [1.54, 1.807) is 0 Å². The number of hydrogen-bond acceptors (Lipinski definition) is 14. The Morgan fingerprint density at radius 3 is 0.866 bits per heavy atom. The van der Waals surface area contributed by atoms with E-state index in [-0.39, 0.29) is 19.3 Å². The van der Waals surface area contributed by atoms with Gasteiger partial charge in [0.25, 0.3) is 0 Å². The molecule has 0 aromatic heterocycles. The molecule has 0 radical (unpaired) electrons. The van der Waals surface area contributed by atoms with Gasteiger partial charge in [0.05, 0.1) is 26.4 Å². The van der Waals surface area contributed by atoms with Crippen molar-refractivity contribution in [2.24, 2.45) is 0 Å². The lowest BCUT2D eigenvalue weighted by Gasteiger charge is -2.21. The molecule has 0 bridgehead atoms. The maximum atomic E-state index is 13.0. The summed E-state index contributed by atoms with van der Waals surface area (Å²) >= 11 is 0. The molecule has 554 valence electrons. The van der Waals surface area contributed by atoms with Gasteiger partial charge < -0.3 is 34.2 Å². The van der Waals surface area contributed by atoms with E-state index in [0.29, 0.717) is 19.3 Å². The Morgan fingerprint density at radius 2 is 0.546 bits per heavy atom. The van der Waals surface area contributed by atoms with Crippen LogP contribution in [-0.4, -0.2) is 95.9 Å². The molecule has 0 aliphatic carbocycles. The summed E-state index contributed by atoms with van der Waals surface area (Å²) in [7, 11) is -9.81. The van der Waals surface area contributed by atoms with Gasteiger partial charge in [0.1, 0.15) is 25.4 Å². The topological polar surface area (TPSA) is 231 Å². The van der Waals surface area contributed by atoms with Crippen LogP contribution in [0.25, 0.3) is 0 Å². The second-order valence-electron chi connectivity index (χ2n) is 24.3. The molecule has 0 fully saturated rings. The van der Waals surface area contributed by atoms with E-state index in [1.165, 1.54) is 25.7 Å². The highest BCUT2D eigenvalue weighted by molar-refractivity contribution is 7.47. The Balaban J connectivity index is 4.70. The van der Waals surface area contributed by atoms with E-state index in [2.05, 4.69) is 167 Å². The summed E-state index contributed by atoms with van der Waals surface area (Å²) in [6.07, 6.45) is 85.9. The summed E-state index contributed by atoms with van der Waals surface area (Å²) in [6, 6.07) is 0. The normalized spacial score (nSPS) is 14.9. The second kappa shape index (κ2) is 71.3. The van der Waals surface area contributed by atoms with Crippen LogP contribution in [-0.2, 0) is 55.8 Å². The number of esters is 3. The predicted octanol–water partition coefficient (Wildman–Crippen LogP) is 21.3. The van der Waals surface area contributed by atoms with Gasteiger partial charge in [0, 0.05) is 19.3 Å². The van der Waals surface area contributed by atoms with Crippen LogP contribution in [0.3, 0.4) is 0 Å². The molecule has 0 saturated carbocycles. The third kappa shape index (κ3) is 72.5. The smallest absolute Gasteiger partial charge is 0.463 e. The van der Waals surface area contributed by atoms with Crippen molar-refractivity contribution in [1.82, 2.24) is 0 Å². The van der Waals surface area contributed by atoms with Crippen molar-refractivity contribution >= 4 is 33.6 Å². The number of rotatable bonds is 69. The number of aliphatic hydroxyl groups is 2. The van der Waals surface area contributed by atoms with Crippen molar-refractivity contribution in [1.29, 1.82) is 0 Å². The molecule has 0 amide bonds. The summed E-state index contributed by atoms with van der Waals surface area (Å²) in [4.78, 5) is 58.6. The predicted molar refractivity (Wildman–Crippen MR) is 399 cm³/mol. The maximum absolute atomic E-state index is 13.0. The zero-order valence-corrected chi connectivity index (χ0v) is 62.0. The van der Waals surface area contributed by atoms with E-state index in [1.807, 2.05) is 0 Å². The number of ether oxygens (including phenoxy) is 3. The first kappa shape index (κ1) is 92.4. The van der Waals surface area contributed by atoms with Gasteiger partial charge in [-0.15, -0.1) is 0 Å². The minimum absolute atomic E-state index is 0.0842. The molecular weight excluding hydrogens is 1270 g/mol. The molecule has 16 nitrogen and oxygen atoms in total. The van der Waals surface area contributed by atoms with Crippen LogP contribution in [0.15, 0.2) is 146 Å². The number of allylic oxidation sites excluding steroid dienone is 24. The summed E-state index contributed by atoms with van der Waals surface area (Å²) < 4.78 is 61.0.